The summed E-state index contributed by atoms with van der Waals surface area (Å²) in [7, 11) is 0. The second-order valence-corrected chi connectivity index (χ2v) is 3.90. The van der Waals surface area contributed by atoms with Gasteiger partial charge in [0, 0.05) is 0 Å². The zero-order valence-electron chi connectivity index (χ0n) is 9.81. The summed E-state index contributed by atoms with van der Waals surface area (Å²) < 4.78 is 0. The minimum absolute atomic E-state index is 0. The Morgan fingerprint density at radius 1 is 0.529 bits per heavy atom. The standard InChI is InChI=1S/C12H27N.4Na.4H/c1-4-7-10-13(11-8-5-2)12-9-6-3;;;;;;;;/h4-12H2,1-3H3;;;;;;;;. The maximum atomic E-state index is 2.64. The Kier molecular flexibility index (Phi) is 54.3. The summed E-state index contributed by atoms with van der Waals surface area (Å²) >= 11 is 0. The van der Waals surface area contributed by atoms with Gasteiger partial charge in [0.2, 0.25) is 0 Å². The van der Waals surface area contributed by atoms with Crippen molar-refractivity contribution in [3.8, 4) is 0 Å². The van der Waals surface area contributed by atoms with Crippen LogP contribution in [0.5, 0.6) is 0 Å². The zero-order chi connectivity index (χ0) is 9.94. The predicted molar refractivity (Wildman–Crippen MR) is 89.8 cm³/mol. The summed E-state index contributed by atoms with van der Waals surface area (Å²) in [5.41, 5.74) is 0. The molecule has 0 atom stereocenters. The molecule has 0 N–H and O–H groups in total. The second kappa shape index (κ2) is 28.2. The molecule has 0 fully saturated rings. The molecule has 0 aliphatic heterocycles. The molecule has 0 amide bonds. The van der Waals surface area contributed by atoms with Gasteiger partial charge in [0.25, 0.3) is 0 Å². The molecular weight excluding hydrogens is 250 g/mol. The summed E-state index contributed by atoms with van der Waals surface area (Å²) in [6, 6.07) is 0. The zero-order valence-corrected chi connectivity index (χ0v) is 9.81. The molecule has 5 heteroatoms. The van der Waals surface area contributed by atoms with E-state index in [1.165, 1.54) is 58.2 Å². The first-order chi connectivity index (χ1) is 6.35. The van der Waals surface area contributed by atoms with E-state index in [2.05, 4.69) is 25.7 Å². The molecule has 0 heterocycles. The molecular formula is C12H31NNa4. The summed E-state index contributed by atoms with van der Waals surface area (Å²) in [4.78, 5) is 2.64. The van der Waals surface area contributed by atoms with Crippen molar-refractivity contribution in [3.05, 3.63) is 0 Å². The van der Waals surface area contributed by atoms with Crippen LogP contribution in [0.3, 0.4) is 0 Å². The van der Waals surface area contributed by atoms with E-state index >= 15 is 0 Å². The Bertz CT molecular complexity index is 85.5. The van der Waals surface area contributed by atoms with E-state index in [0.29, 0.717) is 0 Å². The molecule has 88 valence electrons. The topological polar surface area (TPSA) is 3.24 Å². The first kappa shape index (κ1) is 32.8. The SMILES string of the molecule is CCCCN(CCCC)CCCC.[NaH].[NaH].[NaH].[NaH]. The number of hydrogen-bond acceptors (Lipinski definition) is 1. The van der Waals surface area contributed by atoms with Crippen LogP contribution in [0, 0.1) is 0 Å². The quantitative estimate of drug-likeness (QED) is 0.572. The molecule has 0 aliphatic carbocycles. The molecule has 0 aromatic carbocycles. The molecule has 17 heavy (non-hydrogen) atoms. The van der Waals surface area contributed by atoms with Gasteiger partial charge in [-0.3, -0.25) is 0 Å². The van der Waals surface area contributed by atoms with Gasteiger partial charge in [0.15, 0.2) is 0 Å². The van der Waals surface area contributed by atoms with Gasteiger partial charge in [-0.25, -0.2) is 0 Å². The first-order valence-corrected chi connectivity index (χ1v) is 6.07. The van der Waals surface area contributed by atoms with Crippen molar-refractivity contribution in [1.82, 2.24) is 4.90 Å². The molecule has 0 aromatic heterocycles. The van der Waals surface area contributed by atoms with Gasteiger partial charge in [-0.1, -0.05) is 40.0 Å². The van der Waals surface area contributed by atoms with E-state index < -0.39 is 0 Å². The summed E-state index contributed by atoms with van der Waals surface area (Å²) in [6.07, 6.45) is 8.09. The molecule has 0 rings (SSSR count). The fourth-order valence-corrected chi connectivity index (χ4v) is 1.48. The Hall–Kier alpha value is 3.96. The van der Waals surface area contributed by atoms with Crippen LogP contribution in [-0.2, 0) is 0 Å². The van der Waals surface area contributed by atoms with Crippen molar-refractivity contribution in [2.75, 3.05) is 19.6 Å². The van der Waals surface area contributed by atoms with Gasteiger partial charge >= 0.3 is 118 Å². The number of hydrogen-bond donors (Lipinski definition) is 0. The monoisotopic (exact) mass is 281 g/mol. The van der Waals surface area contributed by atoms with Crippen LogP contribution in [-0.4, -0.2) is 143 Å². The number of rotatable bonds is 9. The van der Waals surface area contributed by atoms with E-state index in [0.717, 1.165) is 0 Å². The Morgan fingerprint density at radius 2 is 0.765 bits per heavy atom. The van der Waals surface area contributed by atoms with Crippen molar-refractivity contribution < 1.29 is 0 Å². The van der Waals surface area contributed by atoms with Crippen molar-refractivity contribution in [1.29, 1.82) is 0 Å². The summed E-state index contributed by atoms with van der Waals surface area (Å²) in [5, 5.41) is 0. The molecule has 0 spiro atoms. The van der Waals surface area contributed by atoms with Crippen molar-refractivity contribution in [2.24, 2.45) is 0 Å². The molecule has 1 nitrogen and oxygen atoms in total. The molecule has 0 aromatic rings. The third-order valence-corrected chi connectivity index (χ3v) is 2.48. The van der Waals surface area contributed by atoms with Crippen molar-refractivity contribution in [3.63, 3.8) is 0 Å². The van der Waals surface area contributed by atoms with Crippen molar-refractivity contribution >= 4 is 118 Å². The second-order valence-electron chi connectivity index (χ2n) is 3.90. The van der Waals surface area contributed by atoms with Gasteiger partial charge in [-0.05, 0) is 38.9 Å². The molecule has 0 saturated carbocycles. The van der Waals surface area contributed by atoms with Crippen LogP contribution in [0.1, 0.15) is 59.3 Å². The van der Waals surface area contributed by atoms with E-state index in [1.54, 1.807) is 0 Å². The first-order valence-electron chi connectivity index (χ1n) is 6.07. The van der Waals surface area contributed by atoms with Crippen LogP contribution in [0.25, 0.3) is 0 Å². The Labute approximate surface area is 198 Å². The van der Waals surface area contributed by atoms with Crippen LogP contribution in [0.15, 0.2) is 0 Å². The number of unbranched alkanes of at least 4 members (excludes halogenated alkanes) is 3. The Morgan fingerprint density at radius 3 is 0.941 bits per heavy atom. The van der Waals surface area contributed by atoms with Crippen molar-refractivity contribution in [2.45, 2.75) is 59.3 Å². The van der Waals surface area contributed by atoms with E-state index in [9.17, 15) is 0 Å². The van der Waals surface area contributed by atoms with Gasteiger partial charge < -0.3 is 4.90 Å². The van der Waals surface area contributed by atoms with Gasteiger partial charge in [-0.15, -0.1) is 0 Å². The molecule has 0 radical (unpaired) electrons. The van der Waals surface area contributed by atoms with Gasteiger partial charge in [0.05, 0.1) is 0 Å². The fraction of sp³-hybridized carbons (Fsp3) is 1.00. The number of nitrogens with zero attached hydrogens (tertiary/aromatic N) is 1. The summed E-state index contributed by atoms with van der Waals surface area (Å²) in [6.45, 7) is 10.8. The minimum atomic E-state index is 0. The van der Waals surface area contributed by atoms with Crippen LogP contribution in [0.4, 0.5) is 0 Å². The summed E-state index contributed by atoms with van der Waals surface area (Å²) in [5.74, 6) is 0. The third-order valence-electron chi connectivity index (χ3n) is 2.48. The average Bonchev–Trinajstić information content (AvgIpc) is 2.17. The molecule has 0 aliphatic rings. The maximum absolute atomic E-state index is 2.64. The molecule has 0 unspecified atom stereocenters. The van der Waals surface area contributed by atoms with Gasteiger partial charge in [-0.2, -0.15) is 0 Å². The molecule has 0 bridgehead atoms. The van der Waals surface area contributed by atoms with Gasteiger partial charge in [0.1, 0.15) is 0 Å². The van der Waals surface area contributed by atoms with E-state index in [4.69, 9.17) is 0 Å². The van der Waals surface area contributed by atoms with Crippen LogP contribution < -0.4 is 0 Å². The third kappa shape index (κ3) is 25.3. The normalized spacial score (nSPS) is 8.47. The fourth-order valence-electron chi connectivity index (χ4n) is 1.48. The average molecular weight is 281 g/mol. The molecule has 0 saturated heterocycles. The van der Waals surface area contributed by atoms with Crippen LogP contribution >= 0.6 is 0 Å². The van der Waals surface area contributed by atoms with E-state index in [1.807, 2.05) is 0 Å². The van der Waals surface area contributed by atoms with E-state index in [-0.39, 0.29) is 118 Å². The van der Waals surface area contributed by atoms with Crippen LogP contribution in [0.2, 0.25) is 0 Å². The predicted octanol–water partition coefficient (Wildman–Crippen LogP) is 1.09. The Balaban J connectivity index is -0.000000120.